The van der Waals surface area contributed by atoms with Gasteiger partial charge in [0.1, 0.15) is 7.11 Å². The van der Waals surface area contributed by atoms with Crippen molar-refractivity contribution in [2.75, 3.05) is 12.9 Å². The summed E-state index contributed by atoms with van der Waals surface area (Å²) < 4.78 is 115. The van der Waals surface area contributed by atoms with Crippen molar-refractivity contribution in [2.24, 2.45) is 11.1 Å². The van der Waals surface area contributed by atoms with Crippen LogP contribution in [0.5, 0.6) is 0 Å². The van der Waals surface area contributed by atoms with E-state index >= 15 is 0 Å². The minimum absolute atomic E-state index is 0.281. The summed E-state index contributed by atoms with van der Waals surface area (Å²) in [5.74, 6) is -20.3. The van der Waals surface area contributed by atoms with E-state index in [1.807, 2.05) is 6.07 Å². The van der Waals surface area contributed by atoms with Crippen LogP contribution < -0.4 is 0 Å². The van der Waals surface area contributed by atoms with E-state index in [9.17, 15) is 39.5 Å². The minimum Gasteiger partial charge on any atom is -0.399 e. The zero-order valence-corrected chi connectivity index (χ0v) is 15.3. The Bertz CT molecular complexity index is 591. The van der Waals surface area contributed by atoms with Crippen LogP contribution >= 0.6 is 11.8 Å². The lowest BCUT2D eigenvalue weighted by Crippen LogP contribution is -2.60. The Hall–Kier alpha value is -1.32. The molecule has 0 amide bonds. The van der Waals surface area contributed by atoms with Crippen LogP contribution in [0.15, 0.2) is 5.16 Å². The summed E-state index contributed by atoms with van der Waals surface area (Å²) in [5.41, 5.74) is 0.737. The predicted octanol–water partition coefficient (Wildman–Crippen LogP) is 5.66. The van der Waals surface area contributed by atoms with Gasteiger partial charge in [-0.1, -0.05) is 5.16 Å². The molecule has 0 bridgehead atoms. The van der Waals surface area contributed by atoms with Crippen LogP contribution in [-0.2, 0) is 4.84 Å². The summed E-state index contributed by atoms with van der Waals surface area (Å²) >= 11 is 0.532. The van der Waals surface area contributed by atoms with Gasteiger partial charge in [-0.05, 0) is 31.6 Å². The van der Waals surface area contributed by atoms with Crippen LogP contribution in [0.3, 0.4) is 0 Å². The normalized spacial score (nSPS) is 20.5. The van der Waals surface area contributed by atoms with Gasteiger partial charge in [0.2, 0.25) is 0 Å². The van der Waals surface area contributed by atoms with Gasteiger partial charge in [0.15, 0.2) is 0 Å². The second kappa shape index (κ2) is 9.00. The number of hydrogen-bond acceptors (Lipinski definition) is 4. The third kappa shape index (κ3) is 5.18. The van der Waals surface area contributed by atoms with Crippen molar-refractivity contribution in [1.82, 2.24) is 0 Å². The molecule has 1 atom stereocenters. The van der Waals surface area contributed by atoms with Crippen molar-refractivity contribution in [3.8, 4) is 6.07 Å². The number of nitrogens with zero attached hydrogens (tertiary/aromatic N) is 2. The largest absolute Gasteiger partial charge is 0.460 e. The summed E-state index contributed by atoms with van der Waals surface area (Å²) in [7, 11) is 1.35. The smallest absolute Gasteiger partial charge is 0.399 e. The summed E-state index contributed by atoms with van der Waals surface area (Å²) in [6.45, 7) is 0. The number of halogens is 9. The van der Waals surface area contributed by atoms with E-state index in [0.29, 0.717) is 37.4 Å². The Morgan fingerprint density at radius 2 is 1.61 bits per heavy atom. The average molecular weight is 444 g/mol. The van der Waals surface area contributed by atoms with E-state index in [-0.39, 0.29) is 5.92 Å². The number of thioether (sulfide) groups is 1. The van der Waals surface area contributed by atoms with Crippen molar-refractivity contribution in [3.05, 3.63) is 0 Å². The molecule has 1 saturated carbocycles. The molecule has 0 saturated heterocycles. The molecule has 162 valence electrons. The van der Waals surface area contributed by atoms with Crippen LogP contribution in [0.4, 0.5) is 39.5 Å². The number of oxime groups is 1. The number of alkyl halides is 9. The van der Waals surface area contributed by atoms with E-state index in [1.54, 1.807) is 0 Å². The van der Waals surface area contributed by atoms with Crippen molar-refractivity contribution in [3.63, 3.8) is 0 Å². The molecule has 0 aromatic heterocycles. The summed E-state index contributed by atoms with van der Waals surface area (Å²) in [6, 6.07) is 1.83. The van der Waals surface area contributed by atoms with Crippen LogP contribution in [0.25, 0.3) is 0 Å². The van der Waals surface area contributed by atoms with Gasteiger partial charge >= 0.3 is 23.9 Å². The van der Waals surface area contributed by atoms with Gasteiger partial charge in [-0.2, -0.15) is 44.8 Å². The molecule has 28 heavy (non-hydrogen) atoms. The van der Waals surface area contributed by atoms with Gasteiger partial charge in [0.05, 0.1) is 17.0 Å². The molecular formula is C15H17F9N2OS. The number of rotatable bonds is 8. The highest BCUT2D eigenvalue weighted by Crippen LogP contribution is 2.54. The van der Waals surface area contributed by atoms with Crippen molar-refractivity contribution < 1.29 is 44.4 Å². The van der Waals surface area contributed by atoms with E-state index in [1.165, 1.54) is 7.11 Å². The fourth-order valence-electron chi connectivity index (χ4n) is 2.65. The maximum Gasteiger partial charge on any atom is 0.460 e. The first-order valence-corrected chi connectivity index (χ1v) is 9.06. The van der Waals surface area contributed by atoms with E-state index in [0.717, 1.165) is 5.71 Å². The minimum atomic E-state index is -6.89. The topological polar surface area (TPSA) is 45.4 Å². The maximum atomic E-state index is 13.5. The van der Waals surface area contributed by atoms with Crippen LogP contribution in [0, 0.1) is 17.2 Å². The molecule has 1 rings (SSSR count). The molecular weight excluding hydrogens is 427 g/mol. The van der Waals surface area contributed by atoms with E-state index in [4.69, 9.17) is 5.26 Å². The summed E-state index contributed by atoms with van der Waals surface area (Å²) in [5, 5.41) is 12.0. The highest BCUT2D eigenvalue weighted by Gasteiger charge is 2.81. The molecule has 0 spiro atoms. The predicted molar refractivity (Wildman–Crippen MR) is 83.8 cm³/mol. The number of nitriles is 1. The van der Waals surface area contributed by atoms with Crippen LogP contribution in [-0.4, -0.2) is 47.8 Å². The molecule has 3 nitrogen and oxygen atoms in total. The maximum absolute atomic E-state index is 13.5. The van der Waals surface area contributed by atoms with Gasteiger partial charge in [0.25, 0.3) is 0 Å². The van der Waals surface area contributed by atoms with Gasteiger partial charge in [0, 0.05) is 12.2 Å². The van der Waals surface area contributed by atoms with Crippen molar-refractivity contribution in [2.45, 2.75) is 61.3 Å². The summed E-state index contributed by atoms with van der Waals surface area (Å²) in [4.78, 5) is 4.61. The van der Waals surface area contributed by atoms with Gasteiger partial charge < -0.3 is 4.84 Å². The Balaban J connectivity index is 2.70. The lowest BCUT2D eigenvalue weighted by molar-refractivity contribution is -0.396. The highest BCUT2D eigenvalue weighted by atomic mass is 32.2. The number of hydrogen-bond donors (Lipinski definition) is 0. The van der Waals surface area contributed by atoms with Gasteiger partial charge in [-0.25, -0.2) is 0 Å². The Labute approximate surface area is 159 Å². The first-order chi connectivity index (χ1) is 12.7. The molecule has 13 heteroatoms. The Morgan fingerprint density at radius 1 is 1.07 bits per heavy atom. The molecule has 1 fully saturated rings. The van der Waals surface area contributed by atoms with Crippen molar-refractivity contribution in [1.29, 1.82) is 5.26 Å². The second-order valence-electron chi connectivity index (χ2n) is 6.20. The molecule has 0 aromatic rings. The first kappa shape index (κ1) is 24.7. The van der Waals surface area contributed by atoms with Crippen molar-refractivity contribution >= 4 is 17.5 Å². The molecule has 0 aliphatic heterocycles. The van der Waals surface area contributed by atoms with E-state index < -0.39 is 41.4 Å². The standard InChI is InChI=1S/C15H17F9N2OS/c1-27-26-10-4-2-9(3-5-10)11(8-25)28-7-6-12(16,17)13(18,19)14(20,21)15(22,23)24/h9,11H,2-7H2,1H3. The molecule has 0 N–H and O–H groups in total. The molecule has 1 aliphatic carbocycles. The van der Waals surface area contributed by atoms with Gasteiger partial charge in [-0.3, -0.25) is 0 Å². The fraction of sp³-hybridized carbons (Fsp3) is 0.867. The Kier molecular flexibility index (Phi) is 7.95. The first-order valence-electron chi connectivity index (χ1n) is 8.01. The zero-order valence-electron chi connectivity index (χ0n) is 14.5. The zero-order chi connectivity index (χ0) is 21.8. The third-order valence-electron chi connectivity index (χ3n) is 4.31. The molecule has 1 unspecified atom stereocenters. The molecule has 1 aliphatic rings. The second-order valence-corrected chi connectivity index (χ2v) is 7.45. The SMILES string of the molecule is CON=C1CCC(C(C#N)SCCC(F)(F)C(F)(F)C(F)(F)C(F)(F)F)CC1. The van der Waals surface area contributed by atoms with Crippen LogP contribution in [0.2, 0.25) is 0 Å². The lowest BCUT2D eigenvalue weighted by Gasteiger charge is -2.34. The summed E-state index contributed by atoms with van der Waals surface area (Å²) in [6.07, 6.45) is -6.91. The lowest BCUT2D eigenvalue weighted by atomic mass is 9.86. The van der Waals surface area contributed by atoms with Gasteiger partial charge in [-0.15, -0.1) is 11.8 Å². The third-order valence-corrected chi connectivity index (χ3v) is 5.60. The average Bonchev–Trinajstić information content (AvgIpc) is 2.58. The molecule has 0 radical (unpaired) electrons. The monoisotopic (exact) mass is 444 g/mol. The fourth-order valence-corrected chi connectivity index (χ4v) is 3.90. The van der Waals surface area contributed by atoms with Crippen LogP contribution in [0.1, 0.15) is 32.1 Å². The van der Waals surface area contributed by atoms with E-state index in [2.05, 4.69) is 9.99 Å². The molecule has 0 aromatic carbocycles. The molecule has 0 heterocycles. The Morgan fingerprint density at radius 3 is 2.04 bits per heavy atom. The highest BCUT2D eigenvalue weighted by molar-refractivity contribution is 8.00. The quantitative estimate of drug-likeness (QED) is 0.358.